The molecule has 3 aromatic rings. The van der Waals surface area contributed by atoms with Crippen LogP contribution in [0.3, 0.4) is 0 Å². The highest BCUT2D eigenvalue weighted by Crippen LogP contribution is 2.32. The van der Waals surface area contributed by atoms with Gasteiger partial charge in [0.1, 0.15) is 17.9 Å². The number of ether oxygens (including phenoxy) is 2. The summed E-state index contributed by atoms with van der Waals surface area (Å²) in [5, 5.41) is 1.60. The minimum atomic E-state index is -4.38. The lowest BCUT2D eigenvalue weighted by Gasteiger charge is -2.14. The number of methoxy groups -OCH3 is 1. The molecule has 0 amide bonds. The molecule has 0 saturated carbocycles. The molecule has 134 valence electrons. The van der Waals surface area contributed by atoms with Gasteiger partial charge in [-0.25, -0.2) is 4.79 Å². The Labute approximate surface area is 148 Å². The van der Waals surface area contributed by atoms with Crippen molar-refractivity contribution in [3.63, 3.8) is 0 Å². The highest BCUT2D eigenvalue weighted by atomic mass is 19.4. The Balaban J connectivity index is 1.91. The Bertz CT molecular complexity index is 931. The van der Waals surface area contributed by atoms with Gasteiger partial charge in [-0.1, -0.05) is 42.5 Å². The fraction of sp³-hybridized carbons (Fsp3) is 0.150. The Hall–Kier alpha value is -3.02. The summed E-state index contributed by atoms with van der Waals surface area (Å²) in [6.45, 7) is 0.0239. The highest BCUT2D eigenvalue weighted by molar-refractivity contribution is 6.01. The number of hydrogen-bond donors (Lipinski definition) is 0. The largest absolute Gasteiger partial charge is 0.487 e. The van der Waals surface area contributed by atoms with Crippen LogP contribution in [0.1, 0.15) is 21.5 Å². The molecule has 3 rings (SSSR count). The molecule has 6 heteroatoms. The maximum atomic E-state index is 12.6. The first-order chi connectivity index (χ1) is 12.4. The Morgan fingerprint density at radius 2 is 1.65 bits per heavy atom. The number of alkyl halides is 3. The second kappa shape index (κ2) is 7.07. The second-order valence-electron chi connectivity index (χ2n) is 5.64. The van der Waals surface area contributed by atoms with Crippen LogP contribution in [0.4, 0.5) is 13.2 Å². The molecule has 0 aromatic heterocycles. The van der Waals surface area contributed by atoms with Gasteiger partial charge in [-0.05, 0) is 29.1 Å². The fourth-order valence-corrected chi connectivity index (χ4v) is 2.61. The number of esters is 1. The lowest BCUT2D eigenvalue weighted by Crippen LogP contribution is -2.07. The van der Waals surface area contributed by atoms with Crippen molar-refractivity contribution in [2.75, 3.05) is 7.11 Å². The predicted molar refractivity (Wildman–Crippen MR) is 91.1 cm³/mol. The van der Waals surface area contributed by atoms with E-state index in [1.54, 1.807) is 12.1 Å². The van der Waals surface area contributed by atoms with Gasteiger partial charge in [0.05, 0.1) is 12.7 Å². The number of carbonyl (C=O) groups excluding carboxylic acids is 1. The molecule has 0 aliphatic rings. The van der Waals surface area contributed by atoms with Crippen LogP contribution in [0.5, 0.6) is 5.75 Å². The first kappa shape index (κ1) is 17.8. The Kier molecular flexibility index (Phi) is 4.84. The topological polar surface area (TPSA) is 35.5 Å². The first-order valence-electron chi connectivity index (χ1n) is 7.79. The van der Waals surface area contributed by atoms with Crippen molar-refractivity contribution in [2.45, 2.75) is 12.8 Å². The van der Waals surface area contributed by atoms with E-state index >= 15 is 0 Å². The third kappa shape index (κ3) is 3.64. The minimum Gasteiger partial charge on any atom is -0.487 e. The molecule has 0 spiro atoms. The number of fused-ring (bicyclic) bond motifs is 1. The van der Waals surface area contributed by atoms with E-state index in [0.29, 0.717) is 11.3 Å². The van der Waals surface area contributed by atoms with E-state index in [1.165, 1.54) is 19.2 Å². The van der Waals surface area contributed by atoms with Gasteiger partial charge in [0.25, 0.3) is 0 Å². The van der Waals surface area contributed by atoms with Crippen molar-refractivity contribution < 1.29 is 27.4 Å². The van der Waals surface area contributed by atoms with Crippen LogP contribution in [-0.2, 0) is 17.5 Å². The number of carbonyl (C=O) groups is 1. The maximum Gasteiger partial charge on any atom is 0.416 e. The molecule has 26 heavy (non-hydrogen) atoms. The lowest BCUT2D eigenvalue weighted by molar-refractivity contribution is -0.137. The normalized spacial score (nSPS) is 11.4. The Morgan fingerprint density at radius 1 is 0.962 bits per heavy atom. The number of halogens is 3. The van der Waals surface area contributed by atoms with E-state index < -0.39 is 17.7 Å². The van der Waals surface area contributed by atoms with Gasteiger partial charge in [0, 0.05) is 5.39 Å². The van der Waals surface area contributed by atoms with E-state index in [0.717, 1.165) is 22.9 Å². The molecule has 3 nitrogen and oxygen atoms in total. The van der Waals surface area contributed by atoms with Gasteiger partial charge >= 0.3 is 12.1 Å². The van der Waals surface area contributed by atoms with Gasteiger partial charge in [-0.3, -0.25) is 0 Å². The summed E-state index contributed by atoms with van der Waals surface area (Å²) in [6.07, 6.45) is -4.38. The quantitative estimate of drug-likeness (QED) is 0.598. The highest BCUT2D eigenvalue weighted by Gasteiger charge is 2.29. The van der Waals surface area contributed by atoms with E-state index in [-0.39, 0.29) is 12.2 Å². The first-order valence-corrected chi connectivity index (χ1v) is 7.79. The van der Waals surface area contributed by atoms with Gasteiger partial charge < -0.3 is 9.47 Å². The molecule has 0 N–H and O–H groups in total. The molecule has 0 aliphatic carbocycles. The number of rotatable bonds is 4. The SMILES string of the molecule is COC(=O)c1ccc2ccccc2c1OCc1ccc(C(F)(F)F)cc1. The monoisotopic (exact) mass is 360 g/mol. The zero-order valence-electron chi connectivity index (χ0n) is 13.8. The van der Waals surface area contributed by atoms with E-state index in [2.05, 4.69) is 0 Å². The fourth-order valence-electron chi connectivity index (χ4n) is 2.61. The Morgan fingerprint density at radius 3 is 2.31 bits per heavy atom. The summed E-state index contributed by atoms with van der Waals surface area (Å²) in [5.74, 6) is -0.201. The summed E-state index contributed by atoms with van der Waals surface area (Å²) in [4.78, 5) is 12.0. The van der Waals surface area contributed by atoms with Crippen LogP contribution in [-0.4, -0.2) is 13.1 Å². The summed E-state index contributed by atoms with van der Waals surface area (Å²) in [7, 11) is 1.27. The molecular weight excluding hydrogens is 345 g/mol. The second-order valence-corrected chi connectivity index (χ2v) is 5.64. The van der Waals surface area contributed by atoms with Crippen LogP contribution >= 0.6 is 0 Å². The smallest absolute Gasteiger partial charge is 0.416 e. The molecule has 0 saturated heterocycles. The molecule has 3 aromatic carbocycles. The average Bonchev–Trinajstić information content (AvgIpc) is 2.65. The molecule has 0 unspecified atom stereocenters. The minimum absolute atomic E-state index is 0.0239. The molecule has 0 bridgehead atoms. The number of hydrogen-bond acceptors (Lipinski definition) is 3. The van der Waals surface area contributed by atoms with E-state index in [1.807, 2.05) is 24.3 Å². The van der Waals surface area contributed by atoms with Crippen molar-refractivity contribution in [3.05, 3.63) is 77.4 Å². The van der Waals surface area contributed by atoms with Crippen molar-refractivity contribution in [3.8, 4) is 5.75 Å². The van der Waals surface area contributed by atoms with Crippen LogP contribution < -0.4 is 4.74 Å². The summed E-state index contributed by atoms with van der Waals surface area (Å²) in [5.41, 5.74) is 0.0986. The summed E-state index contributed by atoms with van der Waals surface area (Å²) in [6, 6.07) is 15.5. The maximum absolute atomic E-state index is 12.6. The predicted octanol–water partition coefficient (Wildman–Crippen LogP) is 5.22. The van der Waals surface area contributed by atoms with Crippen LogP contribution in [0.2, 0.25) is 0 Å². The van der Waals surface area contributed by atoms with Gasteiger partial charge in [-0.15, -0.1) is 0 Å². The third-order valence-corrected chi connectivity index (χ3v) is 3.95. The third-order valence-electron chi connectivity index (χ3n) is 3.95. The van der Waals surface area contributed by atoms with Gasteiger partial charge in [0.15, 0.2) is 0 Å². The van der Waals surface area contributed by atoms with Crippen molar-refractivity contribution in [1.82, 2.24) is 0 Å². The van der Waals surface area contributed by atoms with Crippen LogP contribution in [0.25, 0.3) is 10.8 Å². The molecule has 0 fully saturated rings. The van der Waals surface area contributed by atoms with E-state index in [4.69, 9.17) is 9.47 Å². The van der Waals surface area contributed by atoms with Crippen molar-refractivity contribution >= 4 is 16.7 Å². The van der Waals surface area contributed by atoms with Crippen LogP contribution in [0, 0.1) is 0 Å². The zero-order chi connectivity index (χ0) is 18.7. The van der Waals surface area contributed by atoms with E-state index in [9.17, 15) is 18.0 Å². The van der Waals surface area contributed by atoms with Crippen molar-refractivity contribution in [2.24, 2.45) is 0 Å². The molecule has 0 atom stereocenters. The molecule has 0 aliphatic heterocycles. The summed E-state index contributed by atoms with van der Waals surface area (Å²) >= 11 is 0. The zero-order valence-corrected chi connectivity index (χ0v) is 13.8. The molecular formula is C20H15F3O3. The average molecular weight is 360 g/mol. The lowest BCUT2D eigenvalue weighted by atomic mass is 10.1. The van der Waals surface area contributed by atoms with Gasteiger partial charge in [-0.2, -0.15) is 13.2 Å². The molecule has 0 radical (unpaired) electrons. The van der Waals surface area contributed by atoms with Crippen molar-refractivity contribution in [1.29, 1.82) is 0 Å². The standard InChI is InChI=1S/C20H15F3O3/c1-25-19(24)17-11-8-14-4-2-3-5-16(14)18(17)26-12-13-6-9-15(10-7-13)20(21,22)23/h2-11H,12H2,1H3. The number of benzene rings is 3. The molecule has 0 heterocycles. The van der Waals surface area contributed by atoms with Gasteiger partial charge in [0.2, 0.25) is 0 Å². The van der Waals surface area contributed by atoms with Crippen LogP contribution in [0.15, 0.2) is 60.7 Å². The summed E-state index contributed by atoms with van der Waals surface area (Å²) < 4.78 is 48.5.